The zero-order valence-electron chi connectivity index (χ0n) is 14.3. The largest absolute Gasteiger partial charge is 0.494 e. The molecule has 26 heavy (non-hydrogen) atoms. The molecule has 0 atom stereocenters. The van der Waals surface area contributed by atoms with Gasteiger partial charge in [-0.05, 0) is 37.6 Å². The number of nitrogens with zero attached hydrogens (tertiary/aromatic N) is 3. The molecule has 0 unspecified atom stereocenters. The maximum atomic E-state index is 10.5. The van der Waals surface area contributed by atoms with Gasteiger partial charge in [-0.3, -0.25) is 9.89 Å². The number of nitrogens with one attached hydrogen (secondary N) is 2. The fourth-order valence-electron chi connectivity index (χ4n) is 2.53. The third-order valence-electron chi connectivity index (χ3n) is 3.87. The maximum absolute atomic E-state index is 10.5. The SMILES string of the molecule is Cc1[nH]n2c(CCCOc3ccc(NCCC(=O)O)cc3)nnc2c1Cl. The van der Waals surface area contributed by atoms with Crippen LogP contribution in [0, 0.1) is 6.92 Å². The molecule has 138 valence electrons. The number of aryl methyl sites for hydroxylation is 2. The highest BCUT2D eigenvalue weighted by atomic mass is 35.5. The molecular weight excluding hydrogens is 358 g/mol. The topological polar surface area (TPSA) is 105 Å². The summed E-state index contributed by atoms with van der Waals surface area (Å²) in [6.45, 7) is 2.84. The fourth-order valence-corrected chi connectivity index (χ4v) is 2.69. The van der Waals surface area contributed by atoms with Crippen LogP contribution in [-0.4, -0.2) is 44.0 Å². The van der Waals surface area contributed by atoms with Gasteiger partial charge in [0.15, 0.2) is 11.5 Å². The van der Waals surface area contributed by atoms with Crippen LogP contribution in [0.1, 0.15) is 24.4 Å². The minimum absolute atomic E-state index is 0.0830. The van der Waals surface area contributed by atoms with Crippen LogP contribution in [0.25, 0.3) is 5.65 Å². The maximum Gasteiger partial charge on any atom is 0.305 e. The number of halogens is 1. The van der Waals surface area contributed by atoms with E-state index in [-0.39, 0.29) is 6.42 Å². The molecule has 9 heteroatoms. The molecule has 8 nitrogen and oxygen atoms in total. The Labute approximate surface area is 155 Å². The first-order chi connectivity index (χ1) is 12.5. The first-order valence-electron chi connectivity index (χ1n) is 8.31. The summed E-state index contributed by atoms with van der Waals surface area (Å²) < 4.78 is 7.53. The van der Waals surface area contributed by atoms with Gasteiger partial charge in [0, 0.05) is 18.7 Å². The first kappa shape index (κ1) is 18.1. The second-order valence-corrected chi connectivity index (χ2v) is 6.25. The van der Waals surface area contributed by atoms with Crippen molar-refractivity contribution < 1.29 is 14.6 Å². The van der Waals surface area contributed by atoms with Gasteiger partial charge in [0.25, 0.3) is 0 Å². The molecule has 3 N–H and O–H groups in total. The van der Waals surface area contributed by atoms with Crippen molar-refractivity contribution in [2.45, 2.75) is 26.2 Å². The first-order valence-corrected chi connectivity index (χ1v) is 8.69. The summed E-state index contributed by atoms with van der Waals surface area (Å²) in [7, 11) is 0. The van der Waals surface area contributed by atoms with E-state index < -0.39 is 5.97 Å². The molecule has 0 amide bonds. The molecular formula is C17H20ClN5O3. The molecule has 0 saturated heterocycles. The molecule has 0 radical (unpaired) electrons. The van der Waals surface area contributed by atoms with E-state index in [1.807, 2.05) is 31.2 Å². The van der Waals surface area contributed by atoms with E-state index in [4.69, 9.17) is 21.4 Å². The van der Waals surface area contributed by atoms with Crippen LogP contribution >= 0.6 is 11.6 Å². The second-order valence-electron chi connectivity index (χ2n) is 5.87. The van der Waals surface area contributed by atoms with Crippen molar-refractivity contribution in [3.63, 3.8) is 0 Å². The predicted molar refractivity (Wildman–Crippen MR) is 98.1 cm³/mol. The minimum atomic E-state index is -0.820. The fraction of sp³-hybridized carbons (Fsp3) is 0.353. The number of carboxylic acids is 1. The molecule has 3 rings (SSSR count). The lowest BCUT2D eigenvalue weighted by atomic mass is 10.3. The highest BCUT2D eigenvalue weighted by Crippen LogP contribution is 2.20. The molecule has 0 saturated carbocycles. The molecule has 0 aliphatic carbocycles. The number of carbonyl (C=O) groups is 1. The smallest absolute Gasteiger partial charge is 0.305 e. The standard InChI is InChI=1S/C17H20ClN5O3/c1-11-16(18)17-21-20-14(23(17)22-11)3-2-10-26-13-6-4-12(5-7-13)19-9-8-15(24)25/h4-7,19,22H,2-3,8-10H2,1H3,(H,24,25). The number of aromatic nitrogens is 4. The summed E-state index contributed by atoms with van der Waals surface area (Å²) in [5.41, 5.74) is 2.38. The van der Waals surface area contributed by atoms with E-state index in [1.54, 1.807) is 4.52 Å². The average Bonchev–Trinajstić information content (AvgIpc) is 3.13. The molecule has 0 bridgehead atoms. The van der Waals surface area contributed by atoms with Gasteiger partial charge in [0.1, 0.15) is 10.8 Å². The molecule has 3 aromatic rings. The van der Waals surface area contributed by atoms with Crippen molar-refractivity contribution in [2.24, 2.45) is 0 Å². The lowest BCUT2D eigenvalue weighted by Gasteiger charge is -2.08. The van der Waals surface area contributed by atoms with Crippen LogP contribution in [-0.2, 0) is 11.2 Å². The van der Waals surface area contributed by atoms with Crippen molar-refractivity contribution in [1.82, 2.24) is 19.8 Å². The number of hydrogen-bond donors (Lipinski definition) is 3. The Hall–Kier alpha value is -2.74. The van der Waals surface area contributed by atoms with Crippen LogP contribution in [0.5, 0.6) is 5.75 Å². The lowest BCUT2D eigenvalue weighted by molar-refractivity contribution is -0.136. The van der Waals surface area contributed by atoms with E-state index in [2.05, 4.69) is 20.6 Å². The molecule has 0 aliphatic rings. The lowest BCUT2D eigenvalue weighted by Crippen LogP contribution is -2.07. The molecule has 2 heterocycles. The Morgan fingerprint density at radius 2 is 2.12 bits per heavy atom. The van der Waals surface area contributed by atoms with Crippen LogP contribution < -0.4 is 10.1 Å². The van der Waals surface area contributed by atoms with E-state index in [0.29, 0.717) is 30.2 Å². The number of rotatable bonds is 9. The highest BCUT2D eigenvalue weighted by Gasteiger charge is 2.12. The van der Waals surface area contributed by atoms with Crippen LogP contribution in [0.15, 0.2) is 24.3 Å². The van der Waals surface area contributed by atoms with Gasteiger partial charge >= 0.3 is 5.97 Å². The minimum Gasteiger partial charge on any atom is -0.494 e. The van der Waals surface area contributed by atoms with Crippen molar-refractivity contribution in [3.8, 4) is 5.75 Å². The van der Waals surface area contributed by atoms with Crippen LogP contribution in [0.2, 0.25) is 5.02 Å². The highest BCUT2D eigenvalue weighted by molar-refractivity contribution is 6.34. The number of ether oxygens (including phenoxy) is 1. The zero-order valence-corrected chi connectivity index (χ0v) is 15.1. The van der Waals surface area contributed by atoms with Gasteiger partial charge in [0.05, 0.1) is 18.7 Å². The van der Waals surface area contributed by atoms with E-state index >= 15 is 0 Å². The van der Waals surface area contributed by atoms with Crippen molar-refractivity contribution >= 4 is 28.9 Å². The third-order valence-corrected chi connectivity index (χ3v) is 4.32. The summed E-state index contributed by atoms with van der Waals surface area (Å²) in [4.78, 5) is 10.5. The van der Waals surface area contributed by atoms with Gasteiger partial charge in [-0.1, -0.05) is 11.6 Å². The van der Waals surface area contributed by atoms with E-state index in [9.17, 15) is 4.79 Å². The van der Waals surface area contributed by atoms with Crippen molar-refractivity contribution in [2.75, 3.05) is 18.5 Å². The van der Waals surface area contributed by atoms with E-state index in [1.165, 1.54) is 0 Å². The number of benzene rings is 1. The molecule has 2 aromatic heterocycles. The molecule has 0 aliphatic heterocycles. The van der Waals surface area contributed by atoms with Crippen LogP contribution in [0.3, 0.4) is 0 Å². The van der Waals surface area contributed by atoms with Crippen molar-refractivity contribution in [1.29, 1.82) is 0 Å². The third kappa shape index (κ3) is 4.26. The number of hydrogen-bond acceptors (Lipinski definition) is 5. The summed E-state index contributed by atoms with van der Waals surface area (Å²) in [5.74, 6) is 0.759. The van der Waals surface area contributed by atoms with Crippen molar-refractivity contribution in [3.05, 3.63) is 40.8 Å². The number of anilines is 1. The number of aliphatic carboxylic acids is 1. The average molecular weight is 378 g/mol. The monoisotopic (exact) mass is 377 g/mol. The Morgan fingerprint density at radius 1 is 1.35 bits per heavy atom. The molecule has 0 spiro atoms. The number of H-pyrrole nitrogens is 1. The normalized spacial score (nSPS) is 11.0. The second kappa shape index (κ2) is 8.09. The van der Waals surface area contributed by atoms with Gasteiger partial charge in [-0.15, -0.1) is 10.2 Å². The quantitative estimate of drug-likeness (QED) is 0.495. The van der Waals surface area contributed by atoms with Gasteiger partial charge in [0.2, 0.25) is 0 Å². The van der Waals surface area contributed by atoms with Gasteiger partial charge in [-0.2, -0.15) is 0 Å². The Balaban J connectivity index is 1.44. The summed E-state index contributed by atoms with van der Waals surface area (Å²) in [6.07, 6.45) is 1.58. The Kier molecular flexibility index (Phi) is 5.62. The number of carboxylic acid groups (broad SMARTS) is 1. The summed E-state index contributed by atoms with van der Waals surface area (Å²) >= 11 is 6.14. The number of aromatic amines is 1. The molecule has 1 aromatic carbocycles. The van der Waals surface area contributed by atoms with Crippen LogP contribution in [0.4, 0.5) is 5.69 Å². The number of fused-ring (bicyclic) bond motifs is 1. The zero-order chi connectivity index (χ0) is 18.5. The van der Waals surface area contributed by atoms with Gasteiger partial charge < -0.3 is 15.2 Å². The Bertz CT molecular complexity index is 888. The Morgan fingerprint density at radius 3 is 2.85 bits per heavy atom. The summed E-state index contributed by atoms with van der Waals surface area (Å²) in [5, 5.41) is 23.6. The van der Waals surface area contributed by atoms with Gasteiger partial charge in [-0.25, -0.2) is 4.52 Å². The molecule has 0 fully saturated rings. The van der Waals surface area contributed by atoms with E-state index in [0.717, 1.165) is 29.4 Å². The predicted octanol–water partition coefficient (Wildman–Crippen LogP) is 2.92. The summed E-state index contributed by atoms with van der Waals surface area (Å²) in [6, 6.07) is 7.44.